The maximum absolute atomic E-state index is 12.6. The number of carbonyl (C=O) groups is 3. The Hall–Kier alpha value is -3.20. The number of aromatic nitrogens is 1. The number of thiazole rings is 1. The van der Waals surface area contributed by atoms with Gasteiger partial charge in [0, 0.05) is 0 Å². The Morgan fingerprint density at radius 1 is 1.22 bits per heavy atom. The number of hydrogen-bond donors (Lipinski definition) is 1. The van der Waals surface area contributed by atoms with E-state index in [4.69, 9.17) is 10.5 Å². The summed E-state index contributed by atoms with van der Waals surface area (Å²) in [6.45, 7) is 1.50. The molecule has 8 nitrogen and oxygen atoms in total. The average molecular weight is 390 g/mol. The molecule has 0 radical (unpaired) electrons. The molecule has 142 valence electrons. The molecular weight excluding hydrogens is 372 g/mol. The first-order chi connectivity index (χ1) is 12.8. The van der Waals surface area contributed by atoms with Gasteiger partial charge in [-0.15, -0.1) is 11.3 Å². The molecule has 0 unspecified atom stereocenters. The van der Waals surface area contributed by atoms with E-state index in [2.05, 4.69) is 4.74 Å². The number of benzene rings is 1. The maximum atomic E-state index is 12.6. The molecule has 2 N–H and O–H groups in total. The number of esters is 2. The number of primary amides is 1. The van der Waals surface area contributed by atoms with E-state index in [0.717, 1.165) is 22.0 Å². The average Bonchev–Trinajstić information content (AvgIpc) is 2.90. The number of nitrogens with zero attached hydrogens (tertiary/aromatic N) is 1. The summed E-state index contributed by atoms with van der Waals surface area (Å²) in [6.07, 6.45) is 2.74. The number of nitrogens with two attached hydrogens (primary N) is 1. The third-order valence-corrected chi connectivity index (χ3v) is 4.47. The summed E-state index contributed by atoms with van der Waals surface area (Å²) >= 11 is 1.03. The number of carbonyl (C=O) groups excluding carboxylic acids is 3. The Kier molecular flexibility index (Phi) is 6.67. The molecule has 0 saturated heterocycles. The standard InChI is InChI=1S/C18H18N2O6S/c1-3-26-16(22)9-15-20(10-14(19)21)17(23)13(27-15)8-11-4-6-12(7-5-11)18(24)25-2/h4-9H,3,10H2,1-2H3,(H2,19,21). The molecule has 2 rings (SSSR count). The SMILES string of the molecule is CCOC(=O)C=c1sc(=Cc2ccc(C(=O)OC)cc2)c(=O)n1CC(N)=O. The van der Waals surface area contributed by atoms with Crippen molar-refractivity contribution in [2.24, 2.45) is 5.73 Å². The summed E-state index contributed by atoms with van der Waals surface area (Å²) in [7, 11) is 1.29. The molecule has 1 amide bonds. The van der Waals surface area contributed by atoms with Gasteiger partial charge in [-0.1, -0.05) is 12.1 Å². The lowest BCUT2D eigenvalue weighted by atomic mass is 10.1. The summed E-state index contributed by atoms with van der Waals surface area (Å²) in [5.74, 6) is -1.79. The minimum Gasteiger partial charge on any atom is -0.465 e. The van der Waals surface area contributed by atoms with Crippen LogP contribution in [0, 0.1) is 0 Å². The molecular formula is C18H18N2O6S. The highest BCUT2D eigenvalue weighted by Crippen LogP contribution is 2.06. The summed E-state index contributed by atoms with van der Waals surface area (Å²) in [5.41, 5.74) is 5.78. The topological polar surface area (TPSA) is 118 Å². The molecule has 2 aromatic rings. The normalized spacial score (nSPS) is 12.1. The zero-order chi connectivity index (χ0) is 20.0. The predicted octanol–water partition coefficient (Wildman–Crippen LogP) is -0.646. The van der Waals surface area contributed by atoms with E-state index >= 15 is 0 Å². The van der Waals surface area contributed by atoms with Crippen molar-refractivity contribution in [3.8, 4) is 0 Å². The lowest BCUT2D eigenvalue weighted by Crippen LogP contribution is -2.36. The van der Waals surface area contributed by atoms with Gasteiger partial charge in [0.2, 0.25) is 5.91 Å². The van der Waals surface area contributed by atoms with Crippen molar-refractivity contribution in [3.63, 3.8) is 0 Å². The van der Waals surface area contributed by atoms with Gasteiger partial charge in [0.25, 0.3) is 5.56 Å². The molecule has 1 heterocycles. The number of amides is 1. The second-order valence-electron chi connectivity index (χ2n) is 5.32. The van der Waals surface area contributed by atoms with Crippen molar-refractivity contribution in [2.45, 2.75) is 13.5 Å². The van der Waals surface area contributed by atoms with E-state index in [9.17, 15) is 19.2 Å². The van der Waals surface area contributed by atoms with Crippen LogP contribution in [-0.2, 0) is 25.6 Å². The monoisotopic (exact) mass is 390 g/mol. The van der Waals surface area contributed by atoms with Gasteiger partial charge in [0.15, 0.2) is 0 Å². The predicted molar refractivity (Wildman–Crippen MR) is 99.5 cm³/mol. The third-order valence-electron chi connectivity index (χ3n) is 3.41. The molecule has 0 spiro atoms. The van der Waals surface area contributed by atoms with E-state index in [0.29, 0.717) is 15.7 Å². The number of hydrogen-bond acceptors (Lipinski definition) is 7. The number of ether oxygens (including phenoxy) is 2. The highest BCUT2D eigenvalue weighted by molar-refractivity contribution is 7.07. The van der Waals surface area contributed by atoms with E-state index in [1.165, 1.54) is 7.11 Å². The minimum absolute atomic E-state index is 0.187. The third kappa shape index (κ3) is 5.14. The van der Waals surface area contributed by atoms with Gasteiger partial charge in [-0.3, -0.25) is 14.2 Å². The van der Waals surface area contributed by atoms with Crippen molar-refractivity contribution in [1.82, 2.24) is 4.57 Å². The first kappa shape index (κ1) is 20.1. The van der Waals surface area contributed by atoms with Gasteiger partial charge in [0.05, 0.1) is 29.9 Å². The van der Waals surface area contributed by atoms with E-state index in [-0.39, 0.29) is 17.8 Å². The molecule has 0 aliphatic heterocycles. The minimum atomic E-state index is -0.706. The Balaban J connectivity index is 2.53. The van der Waals surface area contributed by atoms with Crippen molar-refractivity contribution >= 4 is 41.3 Å². The highest BCUT2D eigenvalue weighted by atomic mass is 32.1. The summed E-state index contributed by atoms with van der Waals surface area (Å²) in [6, 6.07) is 6.44. The van der Waals surface area contributed by atoms with E-state index < -0.39 is 23.4 Å². The van der Waals surface area contributed by atoms with Crippen LogP contribution in [0.1, 0.15) is 22.8 Å². The zero-order valence-electron chi connectivity index (χ0n) is 14.8. The summed E-state index contributed by atoms with van der Waals surface area (Å²) in [5, 5.41) is 0. The quantitative estimate of drug-likeness (QED) is 0.655. The van der Waals surface area contributed by atoms with Crippen molar-refractivity contribution in [2.75, 3.05) is 13.7 Å². The van der Waals surface area contributed by atoms with Crippen molar-refractivity contribution < 1.29 is 23.9 Å². The van der Waals surface area contributed by atoms with Crippen LogP contribution in [-0.4, -0.2) is 36.1 Å². The summed E-state index contributed by atoms with van der Waals surface area (Å²) in [4.78, 5) is 47.0. The van der Waals surface area contributed by atoms with E-state index in [1.54, 1.807) is 37.3 Å². The fraction of sp³-hybridized carbons (Fsp3) is 0.222. The van der Waals surface area contributed by atoms with Crippen LogP contribution in [0.25, 0.3) is 12.2 Å². The molecule has 1 aromatic carbocycles. The molecule has 0 fully saturated rings. The molecule has 0 aliphatic carbocycles. The van der Waals surface area contributed by atoms with E-state index in [1.807, 2.05) is 0 Å². The van der Waals surface area contributed by atoms with Crippen LogP contribution in [0.2, 0.25) is 0 Å². The molecule has 27 heavy (non-hydrogen) atoms. The van der Waals surface area contributed by atoms with Crippen LogP contribution in [0.5, 0.6) is 0 Å². The Morgan fingerprint density at radius 2 is 1.89 bits per heavy atom. The fourth-order valence-corrected chi connectivity index (χ4v) is 3.25. The molecule has 1 aromatic heterocycles. The van der Waals surface area contributed by atoms with Gasteiger partial charge in [-0.2, -0.15) is 0 Å². The molecule has 0 atom stereocenters. The van der Waals surface area contributed by atoms with Crippen molar-refractivity contribution in [1.29, 1.82) is 0 Å². The van der Waals surface area contributed by atoms with Crippen LogP contribution in [0.15, 0.2) is 29.1 Å². The Labute approximate surface area is 158 Å². The first-order valence-electron chi connectivity index (χ1n) is 7.92. The smallest absolute Gasteiger partial charge is 0.337 e. The van der Waals surface area contributed by atoms with Crippen LogP contribution >= 0.6 is 11.3 Å². The molecule has 0 saturated carbocycles. The van der Waals surface area contributed by atoms with Crippen LogP contribution in [0.4, 0.5) is 0 Å². The maximum Gasteiger partial charge on any atom is 0.337 e. The molecule has 0 bridgehead atoms. The Morgan fingerprint density at radius 3 is 2.44 bits per heavy atom. The number of rotatable bonds is 6. The summed E-state index contributed by atoms with van der Waals surface area (Å²) < 4.78 is 11.2. The lowest BCUT2D eigenvalue weighted by Gasteiger charge is -1.98. The van der Waals surface area contributed by atoms with Gasteiger partial charge in [-0.25, -0.2) is 9.59 Å². The first-order valence-corrected chi connectivity index (χ1v) is 8.74. The largest absolute Gasteiger partial charge is 0.465 e. The zero-order valence-corrected chi connectivity index (χ0v) is 15.6. The van der Waals surface area contributed by atoms with Crippen LogP contribution < -0.4 is 20.5 Å². The van der Waals surface area contributed by atoms with Gasteiger partial charge < -0.3 is 15.2 Å². The van der Waals surface area contributed by atoms with Gasteiger partial charge in [-0.05, 0) is 30.7 Å². The van der Waals surface area contributed by atoms with Gasteiger partial charge >= 0.3 is 11.9 Å². The van der Waals surface area contributed by atoms with Crippen molar-refractivity contribution in [3.05, 3.63) is 54.9 Å². The molecule has 0 aliphatic rings. The number of methoxy groups -OCH3 is 1. The van der Waals surface area contributed by atoms with Gasteiger partial charge in [0.1, 0.15) is 11.2 Å². The molecule has 9 heteroatoms. The highest BCUT2D eigenvalue weighted by Gasteiger charge is 2.09. The second kappa shape index (κ2) is 8.95. The fourth-order valence-electron chi connectivity index (χ4n) is 2.22. The van der Waals surface area contributed by atoms with Crippen LogP contribution in [0.3, 0.4) is 0 Å². The second-order valence-corrected chi connectivity index (χ2v) is 6.38. The Bertz CT molecular complexity index is 1030. The lowest BCUT2D eigenvalue weighted by molar-refractivity contribution is -0.135.